The quantitative estimate of drug-likeness (QED) is 0.716. The number of thioether (sulfide) groups is 1. The summed E-state index contributed by atoms with van der Waals surface area (Å²) in [6, 6.07) is 17.2. The van der Waals surface area contributed by atoms with E-state index in [0.29, 0.717) is 0 Å². The molecule has 2 aromatic carbocycles. The molecule has 1 fully saturated rings. The van der Waals surface area contributed by atoms with Gasteiger partial charge in [-0.05, 0) is 60.1 Å². The zero-order chi connectivity index (χ0) is 16.4. The standard InChI is InChI=1S/C20H21BrN2S/c21-17-7-5-15(6-8-17)14-22-19-20(9-11-24-12-10-20)13-16-3-1-2-4-18(16)23-19/h1-8H,9-14H2,(H,22,23). The highest BCUT2D eigenvalue weighted by Gasteiger charge is 2.41. The smallest absolute Gasteiger partial charge is 0.108 e. The monoisotopic (exact) mass is 400 g/mol. The fourth-order valence-corrected chi connectivity index (χ4v) is 5.19. The van der Waals surface area contributed by atoms with Crippen LogP contribution in [0, 0.1) is 5.41 Å². The van der Waals surface area contributed by atoms with Crippen molar-refractivity contribution in [1.29, 1.82) is 0 Å². The highest BCUT2D eigenvalue weighted by Crippen LogP contribution is 2.44. The van der Waals surface area contributed by atoms with Gasteiger partial charge in [0.1, 0.15) is 5.84 Å². The van der Waals surface area contributed by atoms with Crippen LogP contribution in [0.1, 0.15) is 24.0 Å². The highest BCUT2D eigenvalue weighted by molar-refractivity contribution is 9.10. The van der Waals surface area contributed by atoms with Gasteiger partial charge in [-0.15, -0.1) is 0 Å². The van der Waals surface area contributed by atoms with E-state index in [-0.39, 0.29) is 5.41 Å². The second kappa shape index (κ2) is 6.93. The largest absolute Gasteiger partial charge is 0.343 e. The molecule has 2 aliphatic heterocycles. The molecule has 4 rings (SSSR count). The molecule has 1 saturated heterocycles. The molecule has 1 N–H and O–H groups in total. The van der Waals surface area contributed by atoms with Gasteiger partial charge in [0.15, 0.2) is 0 Å². The van der Waals surface area contributed by atoms with Crippen LogP contribution >= 0.6 is 27.7 Å². The highest BCUT2D eigenvalue weighted by atomic mass is 79.9. The van der Waals surface area contributed by atoms with Crippen LogP contribution in [0.4, 0.5) is 5.69 Å². The van der Waals surface area contributed by atoms with E-state index in [2.05, 4.69) is 81.5 Å². The maximum atomic E-state index is 5.04. The lowest BCUT2D eigenvalue weighted by atomic mass is 9.73. The Kier molecular flexibility index (Phi) is 4.68. The number of rotatable bonds is 2. The number of fused-ring (bicyclic) bond motifs is 1. The zero-order valence-electron chi connectivity index (χ0n) is 13.6. The Hall–Kier alpha value is -1.26. The number of benzene rings is 2. The maximum absolute atomic E-state index is 5.04. The van der Waals surface area contributed by atoms with Gasteiger partial charge < -0.3 is 5.32 Å². The number of hydrogen-bond donors (Lipinski definition) is 1. The van der Waals surface area contributed by atoms with Crippen molar-refractivity contribution in [2.24, 2.45) is 10.4 Å². The minimum atomic E-state index is 0.203. The number of amidine groups is 1. The van der Waals surface area contributed by atoms with Gasteiger partial charge >= 0.3 is 0 Å². The fourth-order valence-electron chi connectivity index (χ4n) is 3.65. The Morgan fingerprint density at radius 1 is 1.04 bits per heavy atom. The summed E-state index contributed by atoms with van der Waals surface area (Å²) >= 11 is 5.57. The maximum Gasteiger partial charge on any atom is 0.108 e. The average molecular weight is 401 g/mol. The van der Waals surface area contributed by atoms with Gasteiger partial charge in [0.25, 0.3) is 0 Å². The number of hydrogen-bond acceptors (Lipinski definition) is 2. The SMILES string of the molecule is Brc1ccc(CN=C2Nc3ccccc3CC23CCSCC3)cc1. The molecule has 24 heavy (non-hydrogen) atoms. The molecule has 0 saturated carbocycles. The zero-order valence-corrected chi connectivity index (χ0v) is 16.0. The minimum absolute atomic E-state index is 0.203. The molecule has 0 atom stereocenters. The molecule has 2 nitrogen and oxygen atoms in total. The third kappa shape index (κ3) is 3.27. The summed E-state index contributed by atoms with van der Waals surface area (Å²) in [4.78, 5) is 5.04. The Morgan fingerprint density at radius 3 is 2.58 bits per heavy atom. The molecule has 2 heterocycles. The van der Waals surface area contributed by atoms with E-state index in [1.165, 1.54) is 47.0 Å². The van der Waals surface area contributed by atoms with E-state index < -0.39 is 0 Å². The summed E-state index contributed by atoms with van der Waals surface area (Å²) in [6.45, 7) is 0.743. The van der Waals surface area contributed by atoms with Crippen molar-refractivity contribution in [2.75, 3.05) is 16.8 Å². The van der Waals surface area contributed by atoms with Crippen LogP contribution in [-0.4, -0.2) is 17.3 Å². The van der Waals surface area contributed by atoms with Crippen molar-refractivity contribution in [3.8, 4) is 0 Å². The molecule has 2 aromatic rings. The van der Waals surface area contributed by atoms with Gasteiger partial charge in [-0.1, -0.05) is 46.3 Å². The normalized spacial score (nSPS) is 20.6. The minimum Gasteiger partial charge on any atom is -0.343 e. The lowest BCUT2D eigenvalue weighted by Crippen LogP contribution is -2.44. The van der Waals surface area contributed by atoms with Crippen LogP contribution in [0.5, 0.6) is 0 Å². The number of nitrogens with one attached hydrogen (secondary N) is 1. The number of halogens is 1. The number of anilines is 1. The van der Waals surface area contributed by atoms with E-state index in [1.807, 2.05) is 0 Å². The predicted octanol–water partition coefficient (Wildman–Crippen LogP) is 5.53. The van der Waals surface area contributed by atoms with Crippen molar-refractivity contribution < 1.29 is 0 Å². The first-order chi connectivity index (χ1) is 11.8. The second-order valence-corrected chi connectivity index (χ2v) is 8.78. The van der Waals surface area contributed by atoms with Gasteiger partial charge in [-0.2, -0.15) is 11.8 Å². The van der Waals surface area contributed by atoms with Gasteiger partial charge in [-0.25, -0.2) is 0 Å². The van der Waals surface area contributed by atoms with Gasteiger partial charge in [0.05, 0.1) is 6.54 Å². The van der Waals surface area contributed by atoms with Crippen molar-refractivity contribution in [3.63, 3.8) is 0 Å². The molecule has 1 spiro atoms. The molecule has 0 unspecified atom stereocenters. The summed E-state index contributed by atoms with van der Waals surface area (Å²) in [5, 5.41) is 3.67. The fraction of sp³-hybridized carbons (Fsp3) is 0.350. The lowest BCUT2D eigenvalue weighted by molar-refractivity contribution is 0.377. The molecule has 2 aliphatic rings. The van der Waals surface area contributed by atoms with Crippen molar-refractivity contribution in [3.05, 3.63) is 64.1 Å². The summed E-state index contributed by atoms with van der Waals surface area (Å²) in [7, 11) is 0. The van der Waals surface area contributed by atoms with Crippen LogP contribution in [0.3, 0.4) is 0 Å². The number of para-hydroxylation sites is 1. The molecular formula is C20H21BrN2S. The topological polar surface area (TPSA) is 24.4 Å². The van der Waals surface area contributed by atoms with Crippen LogP contribution in [0.15, 0.2) is 58.0 Å². The average Bonchev–Trinajstić information content (AvgIpc) is 2.62. The van der Waals surface area contributed by atoms with Crippen LogP contribution in [0.2, 0.25) is 0 Å². The van der Waals surface area contributed by atoms with Gasteiger partial charge in [0, 0.05) is 15.6 Å². The number of aliphatic imine (C=N–C) groups is 1. The number of nitrogens with zero attached hydrogens (tertiary/aromatic N) is 1. The van der Waals surface area contributed by atoms with E-state index in [4.69, 9.17) is 4.99 Å². The summed E-state index contributed by atoms with van der Waals surface area (Å²) < 4.78 is 1.12. The molecule has 0 aromatic heterocycles. The molecule has 0 amide bonds. The molecule has 0 radical (unpaired) electrons. The van der Waals surface area contributed by atoms with Crippen molar-refractivity contribution in [2.45, 2.75) is 25.8 Å². The van der Waals surface area contributed by atoms with Crippen molar-refractivity contribution in [1.82, 2.24) is 0 Å². The molecule has 124 valence electrons. The first-order valence-electron chi connectivity index (χ1n) is 8.47. The molecule has 0 bridgehead atoms. The van der Waals surface area contributed by atoms with E-state index >= 15 is 0 Å². The molecule has 4 heteroatoms. The third-order valence-corrected chi connectivity index (χ3v) is 6.60. The summed E-state index contributed by atoms with van der Waals surface area (Å²) in [5.41, 5.74) is 4.13. The third-order valence-electron chi connectivity index (χ3n) is 5.08. The Labute approximate surface area is 156 Å². The molecular weight excluding hydrogens is 380 g/mol. The summed E-state index contributed by atoms with van der Waals surface area (Å²) in [6.07, 6.45) is 3.56. The molecule has 0 aliphatic carbocycles. The van der Waals surface area contributed by atoms with Crippen LogP contribution < -0.4 is 5.32 Å². The van der Waals surface area contributed by atoms with Crippen LogP contribution in [-0.2, 0) is 13.0 Å². The summed E-state index contributed by atoms with van der Waals surface area (Å²) in [5.74, 6) is 3.67. The lowest BCUT2D eigenvalue weighted by Gasteiger charge is -2.42. The van der Waals surface area contributed by atoms with Crippen molar-refractivity contribution >= 4 is 39.2 Å². The Morgan fingerprint density at radius 2 is 1.79 bits per heavy atom. The van der Waals surface area contributed by atoms with Gasteiger partial charge in [0.2, 0.25) is 0 Å². The predicted molar refractivity (Wildman–Crippen MR) is 108 cm³/mol. The van der Waals surface area contributed by atoms with E-state index in [1.54, 1.807) is 0 Å². The van der Waals surface area contributed by atoms with Gasteiger partial charge in [-0.3, -0.25) is 4.99 Å². The van der Waals surface area contributed by atoms with E-state index in [0.717, 1.165) is 17.4 Å². The Balaban J connectivity index is 1.65. The first kappa shape index (κ1) is 16.2. The second-order valence-electron chi connectivity index (χ2n) is 6.64. The van der Waals surface area contributed by atoms with Crippen LogP contribution in [0.25, 0.3) is 0 Å². The van der Waals surface area contributed by atoms with E-state index in [9.17, 15) is 0 Å². The first-order valence-corrected chi connectivity index (χ1v) is 10.4. The Bertz CT molecular complexity index is 748.